The van der Waals surface area contributed by atoms with Crippen LogP contribution in [0.3, 0.4) is 0 Å². The van der Waals surface area contributed by atoms with Crippen molar-refractivity contribution in [3.8, 4) is 0 Å². The van der Waals surface area contributed by atoms with E-state index in [2.05, 4.69) is 6.92 Å². The molecule has 15 heavy (non-hydrogen) atoms. The van der Waals surface area contributed by atoms with Gasteiger partial charge in [-0.2, -0.15) is 0 Å². The number of rotatable bonds is 10. The van der Waals surface area contributed by atoms with Crippen LogP contribution in [-0.2, 0) is 9.59 Å². The molecule has 0 atom stereocenters. The van der Waals surface area contributed by atoms with E-state index in [1.54, 1.807) is 0 Å². The average Bonchev–Trinajstić information content (AvgIpc) is 2.17. The number of hydrogen-bond donors (Lipinski definition) is 0. The molecule has 0 unspecified atom stereocenters. The Morgan fingerprint density at radius 2 is 1.53 bits per heavy atom. The summed E-state index contributed by atoms with van der Waals surface area (Å²) in [4.78, 5) is 20.9. The number of carbonyl (C=O) groups is 2. The van der Waals surface area contributed by atoms with Crippen molar-refractivity contribution in [2.24, 2.45) is 0 Å². The first-order valence-electron chi connectivity index (χ1n) is 5.76. The third-order valence-electron chi connectivity index (χ3n) is 2.37. The molecule has 0 bridgehead atoms. The van der Waals surface area contributed by atoms with Crippen LogP contribution in [0.1, 0.15) is 64.7 Å². The molecule has 0 fully saturated rings. The Balaban J connectivity index is 0. The molecule has 0 aromatic rings. The normalized spacial score (nSPS) is 9.40. The Kier molecular flexibility index (Phi) is 16.9. The average molecular weight is 222 g/mol. The number of hydrogen-bond acceptors (Lipinski definition) is 2. The van der Waals surface area contributed by atoms with Gasteiger partial charge in [-0.15, -0.1) is 0 Å². The third-order valence-corrected chi connectivity index (χ3v) is 2.37. The zero-order chi connectivity index (χ0) is 10.6. The van der Waals surface area contributed by atoms with Crippen molar-refractivity contribution >= 4 is 41.6 Å². The van der Waals surface area contributed by atoms with E-state index >= 15 is 0 Å². The maximum atomic E-state index is 10.9. The van der Waals surface area contributed by atoms with Crippen molar-refractivity contribution in [1.29, 1.82) is 0 Å². The molecule has 0 rings (SSSR count). The minimum absolute atomic E-state index is 0. The fourth-order valence-electron chi connectivity index (χ4n) is 1.47. The molecule has 0 N–H and O–H groups in total. The van der Waals surface area contributed by atoms with Crippen LogP contribution in [0.2, 0.25) is 0 Å². The van der Waals surface area contributed by atoms with Gasteiger partial charge >= 0.3 is 29.6 Å². The summed E-state index contributed by atoms with van der Waals surface area (Å²) in [6.07, 6.45) is 9.92. The van der Waals surface area contributed by atoms with Crippen molar-refractivity contribution in [3.63, 3.8) is 0 Å². The topological polar surface area (TPSA) is 34.1 Å². The van der Waals surface area contributed by atoms with E-state index in [1.807, 2.05) is 0 Å². The number of ketones is 1. The second-order valence-corrected chi connectivity index (χ2v) is 3.78. The second-order valence-electron chi connectivity index (χ2n) is 3.78. The third kappa shape index (κ3) is 14.3. The second kappa shape index (κ2) is 14.3. The first-order valence-corrected chi connectivity index (χ1v) is 5.76. The number of unbranched alkanes of at least 4 members (excludes halogenated alkanes) is 6. The van der Waals surface area contributed by atoms with Crippen LogP contribution in [0.15, 0.2) is 0 Å². The molecular weight excluding hydrogens is 199 g/mol. The molecule has 0 aliphatic carbocycles. The summed E-state index contributed by atoms with van der Waals surface area (Å²) in [6, 6.07) is 0. The quantitative estimate of drug-likeness (QED) is 0.246. The van der Waals surface area contributed by atoms with Gasteiger partial charge in [0, 0.05) is 6.42 Å². The molecule has 0 aliphatic heterocycles. The van der Waals surface area contributed by atoms with E-state index in [-0.39, 0.29) is 41.8 Å². The molecule has 0 spiro atoms. The van der Waals surface area contributed by atoms with Crippen LogP contribution in [0.5, 0.6) is 0 Å². The number of Topliss-reactive ketones (excluding diaryl/α,β-unsaturated/α-hetero) is 1. The standard InChI is InChI=1S/C12H22O2.Na.H/c1-2-3-4-5-6-7-8-9-12(14)10-11-13;;/h11H,2-10H2,1H3;;. The minimum atomic E-state index is 0. The Morgan fingerprint density at radius 1 is 1.00 bits per heavy atom. The van der Waals surface area contributed by atoms with Gasteiger partial charge in [-0.25, -0.2) is 0 Å². The summed E-state index contributed by atoms with van der Waals surface area (Å²) >= 11 is 0. The van der Waals surface area contributed by atoms with Crippen molar-refractivity contribution in [1.82, 2.24) is 0 Å². The molecule has 0 saturated carbocycles. The molecule has 3 heteroatoms. The van der Waals surface area contributed by atoms with Crippen molar-refractivity contribution < 1.29 is 9.59 Å². The van der Waals surface area contributed by atoms with E-state index in [4.69, 9.17) is 0 Å². The zero-order valence-electron chi connectivity index (χ0n) is 9.26. The first-order chi connectivity index (χ1) is 6.81. The van der Waals surface area contributed by atoms with E-state index in [1.165, 1.54) is 32.1 Å². The molecule has 0 amide bonds. The fourth-order valence-corrected chi connectivity index (χ4v) is 1.47. The molecule has 0 aliphatic rings. The van der Waals surface area contributed by atoms with Crippen LogP contribution in [-0.4, -0.2) is 41.6 Å². The van der Waals surface area contributed by atoms with Gasteiger partial charge in [0.25, 0.3) is 0 Å². The van der Waals surface area contributed by atoms with Crippen LogP contribution >= 0.6 is 0 Å². The Bertz CT molecular complexity index is 158. The molecule has 0 aromatic carbocycles. The van der Waals surface area contributed by atoms with Crippen LogP contribution in [0.4, 0.5) is 0 Å². The summed E-state index contributed by atoms with van der Waals surface area (Å²) in [5.74, 6) is 0.0913. The number of aldehydes is 1. The summed E-state index contributed by atoms with van der Waals surface area (Å²) in [6.45, 7) is 2.21. The van der Waals surface area contributed by atoms with E-state index < -0.39 is 0 Å². The predicted molar refractivity (Wildman–Crippen MR) is 65.4 cm³/mol. The summed E-state index contributed by atoms with van der Waals surface area (Å²) < 4.78 is 0. The summed E-state index contributed by atoms with van der Waals surface area (Å²) in [7, 11) is 0. The van der Waals surface area contributed by atoms with Gasteiger partial charge in [-0.3, -0.25) is 4.79 Å². The van der Waals surface area contributed by atoms with Gasteiger partial charge in [-0.1, -0.05) is 45.4 Å². The Labute approximate surface area is 115 Å². The summed E-state index contributed by atoms with van der Waals surface area (Å²) in [5, 5.41) is 0. The van der Waals surface area contributed by atoms with Crippen molar-refractivity contribution in [3.05, 3.63) is 0 Å². The van der Waals surface area contributed by atoms with Gasteiger partial charge in [-0.05, 0) is 6.42 Å². The zero-order valence-corrected chi connectivity index (χ0v) is 9.26. The fraction of sp³-hybridized carbons (Fsp3) is 0.833. The molecular formula is C12H23NaO2. The first kappa shape index (κ1) is 17.7. The van der Waals surface area contributed by atoms with E-state index in [9.17, 15) is 9.59 Å². The van der Waals surface area contributed by atoms with Gasteiger partial charge < -0.3 is 4.79 Å². The predicted octanol–water partition coefficient (Wildman–Crippen LogP) is 2.64. The van der Waals surface area contributed by atoms with Crippen molar-refractivity contribution in [2.45, 2.75) is 64.7 Å². The maximum absolute atomic E-state index is 10.9. The van der Waals surface area contributed by atoms with Crippen molar-refractivity contribution in [2.75, 3.05) is 0 Å². The van der Waals surface area contributed by atoms with Gasteiger partial charge in [0.05, 0.1) is 6.42 Å². The van der Waals surface area contributed by atoms with E-state index in [0.717, 1.165) is 12.8 Å². The molecule has 0 radical (unpaired) electrons. The molecule has 2 nitrogen and oxygen atoms in total. The summed E-state index contributed by atoms with van der Waals surface area (Å²) in [5.41, 5.74) is 0. The Morgan fingerprint density at radius 3 is 2.07 bits per heavy atom. The monoisotopic (exact) mass is 222 g/mol. The van der Waals surface area contributed by atoms with E-state index in [0.29, 0.717) is 12.7 Å². The molecule has 0 heterocycles. The van der Waals surface area contributed by atoms with Crippen LogP contribution in [0.25, 0.3) is 0 Å². The molecule has 0 saturated heterocycles. The van der Waals surface area contributed by atoms with Crippen LogP contribution in [0, 0.1) is 0 Å². The van der Waals surface area contributed by atoms with Gasteiger partial charge in [0.15, 0.2) is 0 Å². The van der Waals surface area contributed by atoms with Crippen LogP contribution < -0.4 is 0 Å². The molecule has 0 aromatic heterocycles. The molecule has 84 valence electrons. The van der Waals surface area contributed by atoms with Gasteiger partial charge in [0.2, 0.25) is 0 Å². The van der Waals surface area contributed by atoms with Gasteiger partial charge in [0.1, 0.15) is 12.1 Å². The Hall–Kier alpha value is 0.340. The number of carbonyl (C=O) groups excluding carboxylic acids is 2. The SMILES string of the molecule is CCCCCCCCCC(=O)CC=O.[NaH].